The molecule has 0 saturated heterocycles. The fraction of sp³-hybridized carbons (Fsp3) is 0.944. The Balaban J connectivity index is 7.31. The Morgan fingerprint density at radius 2 is 0.731 bits per heavy atom. The highest BCUT2D eigenvalue weighted by molar-refractivity contribution is 7.55. The second kappa shape index (κ2) is 21.4. The molecule has 0 aromatic heterocycles. The summed E-state index contributed by atoms with van der Waals surface area (Å²) in [5, 5.41) is 3.02. The van der Waals surface area contributed by atoms with E-state index in [0.717, 1.165) is 0 Å². The summed E-state index contributed by atoms with van der Waals surface area (Å²) in [6, 6.07) is 0. The summed E-state index contributed by atoms with van der Waals surface area (Å²) in [4.78, 5) is 40.4. The molecular formula is C36H74N2O12P2. The Hall–Kier alpha value is -0.920. The molecule has 0 rings (SSSR count). The Labute approximate surface area is 315 Å². The van der Waals surface area contributed by atoms with E-state index < -0.39 is 72.8 Å². The molecule has 0 bridgehead atoms. The second-order valence-electron chi connectivity index (χ2n) is 16.5. The number of nitrogens with zero attached hydrogens (tertiary/aromatic N) is 2. The van der Waals surface area contributed by atoms with Gasteiger partial charge < -0.3 is 27.6 Å². The first kappa shape index (κ1) is 51.1. The van der Waals surface area contributed by atoms with Gasteiger partial charge in [0.25, 0.3) is 0 Å². The number of ether oxygens (including phenoxy) is 2. The van der Waals surface area contributed by atoms with Gasteiger partial charge in [0.15, 0.2) is 12.2 Å². The van der Waals surface area contributed by atoms with Crippen LogP contribution in [0.15, 0.2) is 0 Å². The van der Waals surface area contributed by atoms with Crippen molar-refractivity contribution < 1.29 is 56.0 Å². The molecule has 0 aromatic carbocycles. The molecule has 0 radical (unpaired) electrons. The minimum absolute atomic E-state index is 0.0697. The third-order valence-corrected chi connectivity index (χ3v) is 13.1. The fourth-order valence-electron chi connectivity index (χ4n) is 5.63. The first-order valence-electron chi connectivity index (χ1n) is 18.7. The number of esters is 2. The monoisotopic (exact) mass is 788 g/mol. The van der Waals surface area contributed by atoms with Crippen molar-refractivity contribution in [2.75, 3.05) is 39.6 Å². The van der Waals surface area contributed by atoms with Gasteiger partial charge >= 0.3 is 27.1 Å². The molecule has 0 amide bonds. The van der Waals surface area contributed by atoms with Crippen LogP contribution in [0.3, 0.4) is 0 Å². The van der Waals surface area contributed by atoms with Crippen LogP contribution in [0.25, 0.3) is 0 Å². The van der Waals surface area contributed by atoms with Crippen molar-refractivity contribution in [3.63, 3.8) is 0 Å². The third-order valence-electron chi connectivity index (χ3n) is 7.42. The van der Waals surface area contributed by atoms with Crippen LogP contribution < -0.4 is 0 Å². The van der Waals surface area contributed by atoms with E-state index in [1.807, 2.05) is 83.1 Å². The SMILES string of the molecule is CCOC(=O)C(CCC(ON(C(C(C)(C)C)P(=O)(OCC)OCC)C(C)(C)C)C(=O)OCC)ON(C(C(C)(C)C)P(=O)(OCC)OCC)C(C)(C)C. The van der Waals surface area contributed by atoms with Crippen molar-refractivity contribution in [1.82, 2.24) is 10.1 Å². The Morgan fingerprint density at radius 3 is 0.904 bits per heavy atom. The summed E-state index contributed by atoms with van der Waals surface area (Å²) in [6.45, 7) is 33.5. The van der Waals surface area contributed by atoms with Gasteiger partial charge in [-0.15, -0.1) is 0 Å². The highest BCUT2D eigenvalue weighted by Gasteiger charge is 2.54. The highest BCUT2D eigenvalue weighted by atomic mass is 31.2. The van der Waals surface area contributed by atoms with Crippen molar-refractivity contribution in [2.24, 2.45) is 10.8 Å². The molecule has 0 aliphatic rings. The van der Waals surface area contributed by atoms with Gasteiger partial charge in [-0.1, -0.05) is 41.5 Å². The largest absolute Gasteiger partial charge is 0.464 e. The summed E-state index contributed by atoms with van der Waals surface area (Å²) < 4.78 is 63.2. The molecule has 16 heteroatoms. The molecule has 4 atom stereocenters. The van der Waals surface area contributed by atoms with E-state index in [-0.39, 0.29) is 52.5 Å². The maximum Gasteiger partial charge on any atom is 0.350 e. The number of carbonyl (C=O) groups is 2. The Kier molecular flexibility index (Phi) is 21.0. The zero-order valence-corrected chi connectivity index (χ0v) is 37.4. The van der Waals surface area contributed by atoms with Crippen molar-refractivity contribution in [3.05, 3.63) is 0 Å². The second-order valence-corrected chi connectivity index (χ2v) is 20.7. The summed E-state index contributed by atoms with van der Waals surface area (Å²) >= 11 is 0. The van der Waals surface area contributed by atoms with E-state index in [2.05, 4.69) is 0 Å². The standard InChI is InChI=1S/C36H74N2O12P2/c1-19-43-29(39)27(49-37(35(13,14)15)31(33(7,8)9)51(41,45-21-3)46-22-4)25-26-28(30(40)44-20-2)50-38(36(16,17)18)32(34(10,11)12)52(42,47-23-5)48-24-6/h27-28,31-32H,19-26H2,1-18H3. The quantitative estimate of drug-likeness (QED) is 0.0551. The average Bonchev–Trinajstić information content (AvgIpc) is 2.95. The van der Waals surface area contributed by atoms with Crippen LogP contribution in [0.4, 0.5) is 0 Å². The lowest BCUT2D eigenvalue weighted by atomic mass is 9.94. The smallest absolute Gasteiger partial charge is 0.350 e. The van der Waals surface area contributed by atoms with E-state index in [1.165, 1.54) is 10.1 Å². The van der Waals surface area contributed by atoms with Gasteiger partial charge in [-0.05, 0) is 107 Å². The van der Waals surface area contributed by atoms with Gasteiger partial charge in [0.05, 0.1) is 39.6 Å². The topological polar surface area (TPSA) is 149 Å². The van der Waals surface area contributed by atoms with E-state index in [0.29, 0.717) is 0 Å². The van der Waals surface area contributed by atoms with Crippen LogP contribution >= 0.6 is 15.2 Å². The molecule has 4 unspecified atom stereocenters. The predicted octanol–water partition coefficient (Wildman–Crippen LogP) is 8.97. The van der Waals surface area contributed by atoms with Crippen LogP contribution in [0.2, 0.25) is 0 Å². The molecule has 0 aromatic rings. The van der Waals surface area contributed by atoms with Crippen LogP contribution in [-0.2, 0) is 56.0 Å². The van der Waals surface area contributed by atoms with Crippen LogP contribution in [0.1, 0.15) is 137 Å². The molecule has 0 N–H and O–H groups in total. The zero-order chi connectivity index (χ0) is 40.9. The van der Waals surface area contributed by atoms with Gasteiger partial charge in [0.1, 0.15) is 11.6 Å². The molecule has 0 saturated carbocycles. The molecule has 0 aliphatic carbocycles. The number of hydroxylamine groups is 4. The van der Waals surface area contributed by atoms with Crippen LogP contribution in [-0.4, -0.2) is 96.6 Å². The molecule has 310 valence electrons. The Morgan fingerprint density at radius 1 is 0.481 bits per heavy atom. The molecular weight excluding hydrogens is 714 g/mol. The lowest BCUT2D eigenvalue weighted by Crippen LogP contribution is -2.56. The summed E-state index contributed by atoms with van der Waals surface area (Å²) in [5.41, 5.74) is -3.11. The maximum absolute atomic E-state index is 14.5. The van der Waals surface area contributed by atoms with Crippen molar-refractivity contribution in [3.8, 4) is 0 Å². The van der Waals surface area contributed by atoms with E-state index >= 15 is 0 Å². The summed E-state index contributed by atoms with van der Waals surface area (Å²) in [7, 11) is -7.73. The maximum atomic E-state index is 14.5. The van der Waals surface area contributed by atoms with Gasteiger partial charge in [-0.2, -0.15) is 10.1 Å². The first-order valence-corrected chi connectivity index (χ1v) is 21.9. The third kappa shape index (κ3) is 15.3. The van der Waals surface area contributed by atoms with Crippen molar-refractivity contribution >= 4 is 27.1 Å². The molecule has 0 spiro atoms. The fourth-order valence-corrected chi connectivity index (χ4v) is 11.0. The van der Waals surface area contributed by atoms with E-state index in [1.54, 1.807) is 41.5 Å². The zero-order valence-electron chi connectivity index (χ0n) is 35.7. The number of rotatable bonds is 23. The summed E-state index contributed by atoms with van der Waals surface area (Å²) in [6.07, 6.45) is -2.71. The number of hydrogen-bond acceptors (Lipinski definition) is 14. The first-order chi connectivity index (χ1) is 23.6. The minimum Gasteiger partial charge on any atom is -0.464 e. The summed E-state index contributed by atoms with van der Waals surface area (Å²) in [5.74, 6) is -3.28. The van der Waals surface area contributed by atoms with Crippen LogP contribution in [0, 0.1) is 10.8 Å². The van der Waals surface area contributed by atoms with Crippen molar-refractivity contribution in [1.29, 1.82) is 0 Å². The van der Waals surface area contributed by atoms with Gasteiger partial charge in [0, 0.05) is 11.1 Å². The molecule has 0 heterocycles. The van der Waals surface area contributed by atoms with Crippen molar-refractivity contribution in [2.45, 2.75) is 172 Å². The predicted molar refractivity (Wildman–Crippen MR) is 204 cm³/mol. The number of carbonyl (C=O) groups excluding carboxylic acids is 2. The normalized spacial score (nSPS) is 16.2. The Bertz CT molecular complexity index is 1060. The van der Waals surface area contributed by atoms with E-state index in [9.17, 15) is 18.7 Å². The molecule has 0 aliphatic heterocycles. The molecule has 0 fully saturated rings. The molecule has 52 heavy (non-hydrogen) atoms. The average molecular weight is 789 g/mol. The van der Waals surface area contributed by atoms with Gasteiger partial charge in [0.2, 0.25) is 0 Å². The van der Waals surface area contributed by atoms with Gasteiger partial charge in [-0.3, -0.25) is 18.8 Å². The lowest BCUT2D eigenvalue weighted by molar-refractivity contribution is -0.278. The van der Waals surface area contributed by atoms with Crippen LogP contribution in [0.5, 0.6) is 0 Å². The highest BCUT2D eigenvalue weighted by Crippen LogP contribution is 2.62. The minimum atomic E-state index is -3.87. The number of hydrogen-bond donors (Lipinski definition) is 0. The lowest BCUT2D eigenvalue weighted by Gasteiger charge is -2.48. The van der Waals surface area contributed by atoms with Gasteiger partial charge in [-0.25, -0.2) is 9.59 Å². The molecule has 14 nitrogen and oxygen atoms in total. The van der Waals surface area contributed by atoms with E-state index in [4.69, 9.17) is 37.2 Å².